The Balaban J connectivity index is 1.62. The molecule has 0 amide bonds. The first-order valence-electron chi connectivity index (χ1n) is 8.97. The molecule has 1 N–H and O–H groups in total. The van der Waals surface area contributed by atoms with Crippen LogP contribution in [0.1, 0.15) is 30.5 Å². The van der Waals surface area contributed by atoms with Crippen molar-refractivity contribution in [2.45, 2.75) is 32.1 Å². The van der Waals surface area contributed by atoms with E-state index in [0.29, 0.717) is 18.5 Å². The second-order valence-electron chi connectivity index (χ2n) is 6.88. The van der Waals surface area contributed by atoms with Crippen LogP contribution in [-0.4, -0.2) is 40.5 Å². The number of likely N-dealkylation sites (tertiary alicyclic amines) is 1. The second kappa shape index (κ2) is 8.02. The van der Waals surface area contributed by atoms with Crippen molar-refractivity contribution in [3.05, 3.63) is 54.1 Å². The molecule has 8 heteroatoms. The van der Waals surface area contributed by atoms with Crippen LogP contribution in [-0.2, 0) is 12.7 Å². The maximum absolute atomic E-state index is 12.7. The number of guanidine groups is 1. The summed E-state index contributed by atoms with van der Waals surface area (Å²) in [6.07, 6.45) is 2.31. The Bertz CT molecular complexity index is 753. The lowest BCUT2D eigenvalue weighted by molar-refractivity contribution is -0.137. The number of benzene rings is 1. The Labute approximate surface area is 156 Å². The van der Waals surface area contributed by atoms with Gasteiger partial charge in [0.05, 0.1) is 17.9 Å². The maximum Gasteiger partial charge on any atom is 0.416 e. The van der Waals surface area contributed by atoms with E-state index in [-0.39, 0.29) is 0 Å². The second-order valence-corrected chi connectivity index (χ2v) is 6.88. The van der Waals surface area contributed by atoms with Gasteiger partial charge in [0.1, 0.15) is 0 Å². The van der Waals surface area contributed by atoms with E-state index in [1.807, 2.05) is 12.5 Å². The van der Waals surface area contributed by atoms with Crippen molar-refractivity contribution in [3.63, 3.8) is 0 Å². The van der Waals surface area contributed by atoms with Crippen molar-refractivity contribution in [1.82, 2.24) is 19.8 Å². The van der Waals surface area contributed by atoms with Crippen molar-refractivity contribution < 1.29 is 13.2 Å². The van der Waals surface area contributed by atoms with Gasteiger partial charge < -0.3 is 14.8 Å². The minimum Gasteiger partial charge on any atom is -0.352 e. The molecule has 2 heterocycles. The summed E-state index contributed by atoms with van der Waals surface area (Å²) in [6.45, 7) is 4.36. The van der Waals surface area contributed by atoms with E-state index >= 15 is 0 Å². The number of nitrogens with one attached hydrogen (secondary N) is 1. The Morgan fingerprint density at radius 3 is 2.63 bits per heavy atom. The van der Waals surface area contributed by atoms with Gasteiger partial charge in [-0.25, -0.2) is 4.98 Å². The van der Waals surface area contributed by atoms with E-state index in [4.69, 9.17) is 0 Å². The van der Waals surface area contributed by atoms with Crippen molar-refractivity contribution in [2.24, 2.45) is 10.9 Å². The first kappa shape index (κ1) is 19.3. The minimum atomic E-state index is -4.31. The van der Waals surface area contributed by atoms with Gasteiger partial charge in [-0.1, -0.05) is 19.1 Å². The molecule has 1 aliphatic rings. The van der Waals surface area contributed by atoms with E-state index in [2.05, 4.69) is 31.7 Å². The Morgan fingerprint density at radius 1 is 1.30 bits per heavy atom. The fourth-order valence-electron chi connectivity index (χ4n) is 3.42. The molecule has 0 saturated carbocycles. The zero-order valence-corrected chi connectivity index (χ0v) is 15.4. The van der Waals surface area contributed by atoms with Crippen molar-refractivity contribution >= 4 is 5.96 Å². The third-order valence-electron chi connectivity index (χ3n) is 5.07. The van der Waals surface area contributed by atoms with E-state index in [1.165, 1.54) is 12.1 Å². The van der Waals surface area contributed by atoms with Crippen LogP contribution in [0.25, 0.3) is 0 Å². The summed E-state index contributed by atoms with van der Waals surface area (Å²) >= 11 is 0. The maximum atomic E-state index is 12.7. The highest BCUT2D eigenvalue weighted by Crippen LogP contribution is 2.29. The number of imidazole rings is 1. The van der Waals surface area contributed by atoms with E-state index < -0.39 is 11.7 Å². The Kier molecular flexibility index (Phi) is 5.72. The average Bonchev–Trinajstić information content (AvgIpc) is 3.17. The lowest BCUT2D eigenvalue weighted by Gasteiger charge is -2.39. The average molecular weight is 379 g/mol. The first-order valence-corrected chi connectivity index (χ1v) is 8.97. The van der Waals surface area contributed by atoms with Crippen LogP contribution in [0.3, 0.4) is 0 Å². The molecule has 3 rings (SSSR count). The molecule has 1 aromatic carbocycles. The normalized spacial score (nSPS) is 21.4. The third kappa shape index (κ3) is 4.61. The number of hydrogen-bond acceptors (Lipinski definition) is 2. The molecule has 2 unspecified atom stereocenters. The molecule has 2 aromatic rings. The summed E-state index contributed by atoms with van der Waals surface area (Å²) < 4.78 is 40.1. The summed E-state index contributed by atoms with van der Waals surface area (Å²) in [6, 6.07) is 5.52. The SMILES string of the molecule is CN=C(NCc1ccc(C(F)(F)F)cc1)N1CCC(C)C(n2ccnc2)C1. The van der Waals surface area contributed by atoms with Gasteiger partial charge in [-0.15, -0.1) is 0 Å². The fourth-order valence-corrected chi connectivity index (χ4v) is 3.42. The molecule has 1 aliphatic heterocycles. The molecule has 0 radical (unpaired) electrons. The van der Waals surface area contributed by atoms with Crippen LogP contribution >= 0.6 is 0 Å². The Morgan fingerprint density at radius 2 is 2.04 bits per heavy atom. The monoisotopic (exact) mass is 379 g/mol. The van der Waals surface area contributed by atoms with Crippen LogP contribution in [0.5, 0.6) is 0 Å². The minimum absolute atomic E-state index is 0.311. The molecule has 0 aliphatic carbocycles. The fraction of sp³-hybridized carbons (Fsp3) is 0.474. The molecule has 5 nitrogen and oxygen atoms in total. The lowest BCUT2D eigenvalue weighted by Crippen LogP contribution is -2.48. The number of aliphatic imine (C=N–C) groups is 1. The van der Waals surface area contributed by atoms with Gasteiger partial charge in [-0.05, 0) is 30.0 Å². The van der Waals surface area contributed by atoms with Gasteiger partial charge in [-0.3, -0.25) is 4.99 Å². The van der Waals surface area contributed by atoms with E-state index in [9.17, 15) is 13.2 Å². The molecule has 27 heavy (non-hydrogen) atoms. The van der Waals surface area contributed by atoms with Crippen molar-refractivity contribution in [3.8, 4) is 0 Å². The topological polar surface area (TPSA) is 45.5 Å². The highest BCUT2D eigenvalue weighted by atomic mass is 19.4. The number of nitrogens with zero attached hydrogens (tertiary/aromatic N) is 4. The van der Waals surface area contributed by atoms with Crippen molar-refractivity contribution in [1.29, 1.82) is 0 Å². The molecular formula is C19H24F3N5. The predicted molar refractivity (Wildman–Crippen MR) is 98.3 cm³/mol. The van der Waals surface area contributed by atoms with Gasteiger partial charge in [0, 0.05) is 39.1 Å². The van der Waals surface area contributed by atoms with Crippen molar-refractivity contribution in [2.75, 3.05) is 20.1 Å². The smallest absolute Gasteiger partial charge is 0.352 e. The number of halogens is 3. The number of aromatic nitrogens is 2. The van der Waals surface area contributed by atoms with Crippen LogP contribution in [0, 0.1) is 5.92 Å². The number of piperidine rings is 1. The molecule has 0 bridgehead atoms. The Hall–Kier alpha value is -2.51. The molecule has 146 valence electrons. The number of rotatable bonds is 3. The number of hydrogen-bond donors (Lipinski definition) is 1. The number of alkyl halides is 3. The summed E-state index contributed by atoms with van der Waals surface area (Å²) in [4.78, 5) is 10.7. The highest BCUT2D eigenvalue weighted by Gasteiger charge is 2.30. The van der Waals surface area contributed by atoms with E-state index in [1.54, 1.807) is 13.2 Å². The van der Waals surface area contributed by atoms with Gasteiger partial charge in [0.25, 0.3) is 0 Å². The van der Waals surface area contributed by atoms with Gasteiger partial charge >= 0.3 is 6.18 Å². The highest BCUT2D eigenvalue weighted by molar-refractivity contribution is 5.80. The summed E-state index contributed by atoms with van der Waals surface area (Å²) in [5.41, 5.74) is 0.143. The van der Waals surface area contributed by atoms with Gasteiger partial charge in [-0.2, -0.15) is 13.2 Å². The van der Waals surface area contributed by atoms with Crippen LogP contribution in [0.15, 0.2) is 48.0 Å². The molecule has 0 spiro atoms. The van der Waals surface area contributed by atoms with Crippen LogP contribution < -0.4 is 5.32 Å². The summed E-state index contributed by atoms with van der Waals surface area (Å²) in [5.74, 6) is 1.29. The molecule has 1 saturated heterocycles. The summed E-state index contributed by atoms with van der Waals surface area (Å²) in [7, 11) is 1.72. The largest absolute Gasteiger partial charge is 0.416 e. The standard InChI is InChI=1S/C19H24F3N5/c1-14-7-9-26(12-17(14)27-10-8-24-13-27)18(23-2)25-11-15-3-5-16(6-4-15)19(20,21)22/h3-6,8,10,13-14,17H,7,9,11-12H2,1-2H3,(H,23,25). The third-order valence-corrected chi connectivity index (χ3v) is 5.07. The predicted octanol–water partition coefficient (Wildman–Crippen LogP) is 3.56. The molecule has 2 atom stereocenters. The molecule has 1 aromatic heterocycles. The van der Waals surface area contributed by atoms with Crippen LogP contribution in [0.2, 0.25) is 0 Å². The zero-order valence-electron chi connectivity index (χ0n) is 15.4. The first-order chi connectivity index (χ1) is 12.9. The quantitative estimate of drug-likeness (QED) is 0.655. The lowest BCUT2D eigenvalue weighted by atomic mass is 9.93. The molecular weight excluding hydrogens is 355 g/mol. The van der Waals surface area contributed by atoms with Crippen LogP contribution in [0.4, 0.5) is 13.2 Å². The van der Waals surface area contributed by atoms with Gasteiger partial charge in [0.15, 0.2) is 5.96 Å². The summed E-state index contributed by atoms with van der Waals surface area (Å²) in [5, 5.41) is 3.26. The van der Waals surface area contributed by atoms with Gasteiger partial charge in [0.2, 0.25) is 0 Å². The van der Waals surface area contributed by atoms with E-state index in [0.717, 1.165) is 43.2 Å². The zero-order chi connectivity index (χ0) is 19.4. The molecule has 1 fully saturated rings.